The van der Waals surface area contributed by atoms with E-state index in [1.165, 1.54) is 6.21 Å². The molecule has 0 spiro atoms. The van der Waals surface area contributed by atoms with E-state index in [1.807, 2.05) is 32.0 Å². The first kappa shape index (κ1) is 17.3. The number of ether oxygens (including phenoxy) is 1. The lowest BCUT2D eigenvalue weighted by molar-refractivity contribution is -0.123. The normalized spacial score (nSPS) is 10.8. The number of hydrazone groups is 1. The van der Waals surface area contributed by atoms with Crippen molar-refractivity contribution >= 4 is 35.3 Å². The quantitative estimate of drug-likeness (QED) is 0.650. The van der Waals surface area contributed by atoms with Gasteiger partial charge in [0, 0.05) is 10.6 Å². The highest BCUT2D eigenvalue weighted by molar-refractivity contribution is 6.36. The second-order valence-corrected chi connectivity index (χ2v) is 5.86. The van der Waals surface area contributed by atoms with Crippen molar-refractivity contribution in [2.45, 2.75) is 13.8 Å². The zero-order valence-corrected chi connectivity index (χ0v) is 14.3. The standard InChI is InChI=1S/C17H16Cl2N2O2/c1-11-3-4-12(2)16(7-11)23-10-17(22)21-20-9-13-5-6-14(18)8-15(13)19/h3-9H,10H2,1-2H3,(H,21,22)/b20-9+. The average molecular weight is 351 g/mol. The van der Waals surface area contributed by atoms with Gasteiger partial charge in [0.15, 0.2) is 6.61 Å². The molecule has 0 saturated heterocycles. The van der Waals surface area contributed by atoms with Crippen LogP contribution in [-0.4, -0.2) is 18.7 Å². The Kier molecular flexibility index (Phi) is 6.02. The molecule has 0 atom stereocenters. The fourth-order valence-corrected chi connectivity index (χ4v) is 2.28. The number of amides is 1. The summed E-state index contributed by atoms with van der Waals surface area (Å²) >= 11 is 11.8. The molecule has 2 aromatic carbocycles. The minimum atomic E-state index is -0.354. The first-order valence-corrected chi connectivity index (χ1v) is 7.68. The van der Waals surface area contributed by atoms with E-state index in [1.54, 1.807) is 18.2 Å². The molecule has 0 aliphatic carbocycles. The van der Waals surface area contributed by atoms with Crippen LogP contribution in [-0.2, 0) is 4.79 Å². The number of rotatable bonds is 5. The summed E-state index contributed by atoms with van der Waals surface area (Å²) in [5.74, 6) is 0.331. The molecule has 1 amide bonds. The van der Waals surface area contributed by atoms with E-state index in [9.17, 15) is 4.79 Å². The number of hydrogen-bond acceptors (Lipinski definition) is 3. The topological polar surface area (TPSA) is 50.7 Å². The second-order valence-electron chi connectivity index (χ2n) is 5.02. The highest BCUT2D eigenvalue weighted by Crippen LogP contribution is 2.20. The Morgan fingerprint density at radius 2 is 2.00 bits per heavy atom. The fourth-order valence-electron chi connectivity index (χ4n) is 1.82. The fraction of sp³-hybridized carbons (Fsp3) is 0.176. The van der Waals surface area contributed by atoms with Crippen molar-refractivity contribution in [3.63, 3.8) is 0 Å². The van der Waals surface area contributed by atoms with Gasteiger partial charge in [-0.2, -0.15) is 5.10 Å². The molecule has 4 nitrogen and oxygen atoms in total. The van der Waals surface area contributed by atoms with Crippen LogP contribution in [0.2, 0.25) is 10.0 Å². The zero-order chi connectivity index (χ0) is 16.8. The van der Waals surface area contributed by atoms with Gasteiger partial charge in [0.05, 0.1) is 11.2 Å². The van der Waals surface area contributed by atoms with Gasteiger partial charge in [0.2, 0.25) is 0 Å². The lowest BCUT2D eigenvalue weighted by atomic mass is 10.1. The van der Waals surface area contributed by atoms with Crippen molar-refractivity contribution in [2.24, 2.45) is 5.10 Å². The van der Waals surface area contributed by atoms with Crippen molar-refractivity contribution in [3.05, 3.63) is 63.1 Å². The van der Waals surface area contributed by atoms with Crippen molar-refractivity contribution < 1.29 is 9.53 Å². The maximum absolute atomic E-state index is 11.7. The van der Waals surface area contributed by atoms with E-state index in [0.29, 0.717) is 21.4 Å². The molecule has 0 fully saturated rings. The molecule has 23 heavy (non-hydrogen) atoms. The summed E-state index contributed by atoms with van der Waals surface area (Å²) in [5.41, 5.74) is 5.09. The molecule has 0 radical (unpaired) electrons. The number of benzene rings is 2. The molecule has 0 heterocycles. The Hall–Kier alpha value is -2.04. The minimum Gasteiger partial charge on any atom is -0.483 e. The number of halogens is 2. The molecule has 6 heteroatoms. The summed E-state index contributed by atoms with van der Waals surface area (Å²) in [4.78, 5) is 11.7. The van der Waals surface area contributed by atoms with Crippen LogP contribution in [0.15, 0.2) is 41.5 Å². The number of carbonyl (C=O) groups is 1. The first-order chi connectivity index (χ1) is 11.0. The van der Waals surface area contributed by atoms with E-state index in [-0.39, 0.29) is 12.5 Å². The van der Waals surface area contributed by atoms with Crippen LogP contribution in [0.1, 0.15) is 16.7 Å². The summed E-state index contributed by atoms with van der Waals surface area (Å²) in [5, 5.41) is 4.85. The Bertz CT molecular complexity index is 745. The molecule has 0 aliphatic heterocycles. The number of nitrogens with one attached hydrogen (secondary N) is 1. The third-order valence-corrected chi connectivity index (χ3v) is 3.62. The molecule has 0 bridgehead atoms. The van der Waals surface area contributed by atoms with E-state index in [2.05, 4.69) is 10.5 Å². The van der Waals surface area contributed by atoms with Crippen LogP contribution in [0.5, 0.6) is 5.75 Å². The Morgan fingerprint density at radius 3 is 2.74 bits per heavy atom. The molecule has 2 rings (SSSR count). The van der Waals surface area contributed by atoms with Gasteiger partial charge in [0.25, 0.3) is 5.91 Å². The van der Waals surface area contributed by atoms with Gasteiger partial charge in [0.1, 0.15) is 5.75 Å². The molecule has 1 N–H and O–H groups in total. The summed E-state index contributed by atoms with van der Waals surface area (Å²) in [6, 6.07) is 10.8. The lowest BCUT2D eigenvalue weighted by Gasteiger charge is -2.08. The molecule has 0 saturated carbocycles. The smallest absolute Gasteiger partial charge is 0.277 e. The zero-order valence-electron chi connectivity index (χ0n) is 12.8. The van der Waals surface area contributed by atoms with Crippen LogP contribution < -0.4 is 10.2 Å². The summed E-state index contributed by atoms with van der Waals surface area (Å²) in [7, 11) is 0. The summed E-state index contributed by atoms with van der Waals surface area (Å²) < 4.78 is 5.49. The van der Waals surface area contributed by atoms with E-state index in [4.69, 9.17) is 27.9 Å². The number of hydrogen-bond donors (Lipinski definition) is 1. The van der Waals surface area contributed by atoms with Crippen LogP contribution >= 0.6 is 23.2 Å². The molecular formula is C17H16Cl2N2O2. The number of carbonyl (C=O) groups excluding carboxylic acids is 1. The van der Waals surface area contributed by atoms with Crippen molar-refractivity contribution in [1.82, 2.24) is 5.43 Å². The summed E-state index contributed by atoms with van der Waals surface area (Å²) in [6.45, 7) is 3.77. The van der Waals surface area contributed by atoms with Crippen LogP contribution in [0.25, 0.3) is 0 Å². The largest absolute Gasteiger partial charge is 0.483 e. The highest BCUT2D eigenvalue weighted by atomic mass is 35.5. The van der Waals surface area contributed by atoms with E-state index >= 15 is 0 Å². The predicted octanol–water partition coefficient (Wildman–Crippen LogP) is 4.14. The van der Waals surface area contributed by atoms with Gasteiger partial charge in [-0.05, 0) is 43.2 Å². The van der Waals surface area contributed by atoms with Crippen LogP contribution in [0.3, 0.4) is 0 Å². The van der Waals surface area contributed by atoms with Gasteiger partial charge >= 0.3 is 0 Å². The average Bonchev–Trinajstić information content (AvgIpc) is 2.50. The van der Waals surface area contributed by atoms with Gasteiger partial charge in [-0.1, -0.05) is 41.4 Å². The maximum Gasteiger partial charge on any atom is 0.277 e. The molecule has 120 valence electrons. The Morgan fingerprint density at radius 1 is 1.22 bits per heavy atom. The van der Waals surface area contributed by atoms with E-state index in [0.717, 1.165) is 11.1 Å². The molecular weight excluding hydrogens is 335 g/mol. The van der Waals surface area contributed by atoms with Crippen LogP contribution in [0.4, 0.5) is 0 Å². The van der Waals surface area contributed by atoms with Gasteiger partial charge in [-0.15, -0.1) is 0 Å². The number of nitrogens with zero attached hydrogens (tertiary/aromatic N) is 1. The summed E-state index contributed by atoms with van der Waals surface area (Å²) in [6.07, 6.45) is 1.45. The second kappa shape index (κ2) is 7.99. The molecule has 0 unspecified atom stereocenters. The maximum atomic E-state index is 11.7. The molecule has 0 aromatic heterocycles. The first-order valence-electron chi connectivity index (χ1n) is 6.92. The van der Waals surface area contributed by atoms with Crippen molar-refractivity contribution in [3.8, 4) is 5.75 Å². The predicted molar refractivity (Wildman–Crippen MR) is 93.6 cm³/mol. The van der Waals surface area contributed by atoms with E-state index < -0.39 is 0 Å². The third-order valence-electron chi connectivity index (χ3n) is 3.06. The molecule has 2 aromatic rings. The monoisotopic (exact) mass is 350 g/mol. The van der Waals surface area contributed by atoms with Gasteiger partial charge in [-0.25, -0.2) is 5.43 Å². The van der Waals surface area contributed by atoms with Gasteiger partial charge < -0.3 is 4.74 Å². The molecule has 0 aliphatic rings. The van der Waals surface area contributed by atoms with Crippen molar-refractivity contribution in [1.29, 1.82) is 0 Å². The van der Waals surface area contributed by atoms with Crippen LogP contribution in [0, 0.1) is 13.8 Å². The lowest BCUT2D eigenvalue weighted by Crippen LogP contribution is -2.24. The highest BCUT2D eigenvalue weighted by Gasteiger charge is 2.04. The minimum absolute atomic E-state index is 0.115. The van der Waals surface area contributed by atoms with Gasteiger partial charge in [-0.3, -0.25) is 4.79 Å². The Labute approximate surface area is 145 Å². The van der Waals surface area contributed by atoms with Crippen molar-refractivity contribution in [2.75, 3.05) is 6.61 Å². The Balaban J connectivity index is 1.87. The number of aryl methyl sites for hydroxylation is 2. The third kappa shape index (κ3) is 5.27. The SMILES string of the molecule is Cc1ccc(C)c(OCC(=O)N/N=C/c2ccc(Cl)cc2Cl)c1.